The second-order valence-electron chi connectivity index (χ2n) is 6.30. The highest BCUT2D eigenvalue weighted by Gasteiger charge is 2.46. The molecular weight excluding hydrogens is 238 g/mol. The lowest BCUT2D eigenvalue weighted by Crippen LogP contribution is -2.48. The van der Waals surface area contributed by atoms with Crippen LogP contribution in [0.1, 0.15) is 56.8 Å². The van der Waals surface area contributed by atoms with Crippen molar-refractivity contribution in [3.8, 4) is 0 Å². The lowest BCUT2D eigenvalue weighted by Gasteiger charge is -2.47. The predicted molar refractivity (Wildman–Crippen MR) is 76.9 cm³/mol. The van der Waals surface area contributed by atoms with Gasteiger partial charge in [0.1, 0.15) is 5.60 Å². The van der Waals surface area contributed by atoms with Crippen molar-refractivity contribution in [1.29, 1.82) is 0 Å². The number of esters is 1. The minimum Gasteiger partial charge on any atom is -0.455 e. The number of carbonyl (C=O) groups is 1. The third kappa shape index (κ3) is 2.60. The standard InChI is InChI=1S/C16H23NO2/c1-15(2)10-6-7-11-16(15,3)19-14(18)12-8-4-5-9-13(12)17/h4-5,8-9H,6-7,10-11,17H2,1-3H3. The van der Waals surface area contributed by atoms with Crippen LogP contribution in [0.2, 0.25) is 0 Å². The maximum Gasteiger partial charge on any atom is 0.340 e. The fraction of sp³-hybridized carbons (Fsp3) is 0.562. The Kier molecular flexibility index (Phi) is 3.57. The SMILES string of the molecule is CC1(C)CCCCC1(C)OC(=O)c1ccccc1N. The van der Waals surface area contributed by atoms with Crippen molar-refractivity contribution in [1.82, 2.24) is 0 Å². The molecule has 1 atom stereocenters. The van der Waals surface area contributed by atoms with Gasteiger partial charge in [-0.15, -0.1) is 0 Å². The fourth-order valence-corrected chi connectivity index (χ4v) is 2.76. The quantitative estimate of drug-likeness (QED) is 0.651. The molecule has 1 fully saturated rings. The van der Waals surface area contributed by atoms with Crippen LogP contribution >= 0.6 is 0 Å². The molecule has 0 radical (unpaired) electrons. The van der Waals surface area contributed by atoms with E-state index in [-0.39, 0.29) is 11.4 Å². The smallest absolute Gasteiger partial charge is 0.340 e. The minimum atomic E-state index is -0.412. The maximum absolute atomic E-state index is 12.3. The molecule has 104 valence electrons. The highest BCUT2D eigenvalue weighted by molar-refractivity contribution is 5.95. The molecule has 19 heavy (non-hydrogen) atoms. The molecule has 1 aliphatic rings. The normalized spacial score (nSPS) is 25.8. The van der Waals surface area contributed by atoms with Gasteiger partial charge in [-0.1, -0.05) is 32.4 Å². The van der Waals surface area contributed by atoms with E-state index in [0.717, 1.165) is 19.3 Å². The van der Waals surface area contributed by atoms with Crippen molar-refractivity contribution in [2.24, 2.45) is 5.41 Å². The van der Waals surface area contributed by atoms with E-state index in [1.807, 2.05) is 13.0 Å². The van der Waals surface area contributed by atoms with Gasteiger partial charge in [-0.2, -0.15) is 0 Å². The van der Waals surface area contributed by atoms with E-state index in [0.29, 0.717) is 11.3 Å². The Morgan fingerprint density at radius 3 is 2.42 bits per heavy atom. The predicted octanol–water partition coefficient (Wildman–Crippen LogP) is 3.78. The Morgan fingerprint density at radius 2 is 1.79 bits per heavy atom. The van der Waals surface area contributed by atoms with E-state index >= 15 is 0 Å². The van der Waals surface area contributed by atoms with Crippen molar-refractivity contribution in [2.45, 2.75) is 52.1 Å². The minimum absolute atomic E-state index is 0.00442. The molecule has 0 bridgehead atoms. The number of rotatable bonds is 2. The number of ether oxygens (including phenoxy) is 1. The van der Waals surface area contributed by atoms with E-state index in [9.17, 15) is 4.79 Å². The zero-order valence-electron chi connectivity index (χ0n) is 12.0. The van der Waals surface area contributed by atoms with Crippen molar-refractivity contribution < 1.29 is 9.53 Å². The van der Waals surface area contributed by atoms with Gasteiger partial charge in [0, 0.05) is 11.1 Å². The maximum atomic E-state index is 12.3. The Balaban J connectivity index is 2.21. The molecule has 2 rings (SSSR count). The Morgan fingerprint density at radius 1 is 1.16 bits per heavy atom. The van der Waals surface area contributed by atoms with Crippen molar-refractivity contribution in [3.05, 3.63) is 29.8 Å². The number of para-hydroxylation sites is 1. The number of hydrogen-bond acceptors (Lipinski definition) is 3. The summed E-state index contributed by atoms with van der Waals surface area (Å²) in [6.45, 7) is 6.39. The van der Waals surface area contributed by atoms with Crippen molar-refractivity contribution in [2.75, 3.05) is 5.73 Å². The van der Waals surface area contributed by atoms with E-state index in [4.69, 9.17) is 10.5 Å². The van der Waals surface area contributed by atoms with Gasteiger partial charge in [-0.05, 0) is 38.3 Å². The number of benzene rings is 1. The van der Waals surface area contributed by atoms with Crippen molar-refractivity contribution >= 4 is 11.7 Å². The van der Waals surface area contributed by atoms with Crippen LogP contribution in [-0.4, -0.2) is 11.6 Å². The van der Waals surface area contributed by atoms with Gasteiger partial charge in [-0.25, -0.2) is 4.79 Å². The highest BCUT2D eigenvalue weighted by atomic mass is 16.6. The molecule has 1 aromatic rings. The summed E-state index contributed by atoms with van der Waals surface area (Å²) in [7, 11) is 0. The van der Waals surface area contributed by atoms with E-state index < -0.39 is 5.60 Å². The van der Waals surface area contributed by atoms with Crippen LogP contribution < -0.4 is 5.73 Å². The highest BCUT2D eigenvalue weighted by Crippen LogP contribution is 2.46. The number of anilines is 1. The molecule has 0 aliphatic heterocycles. The molecule has 1 aliphatic carbocycles. The molecule has 2 N–H and O–H groups in total. The molecular formula is C16H23NO2. The van der Waals surface area contributed by atoms with Crippen LogP contribution in [0, 0.1) is 5.41 Å². The van der Waals surface area contributed by atoms with Gasteiger partial charge in [-0.3, -0.25) is 0 Å². The summed E-state index contributed by atoms with van der Waals surface area (Å²) < 4.78 is 5.84. The molecule has 3 heteroatoms. The Labute approximate surface area is 115 Å². The number of carbonyl (C=O) groups excluding carboxylic acids is 1. The van der Waals surface area contributed by atoms with Crippen LogP contribution in [0.25, 0.3) is 0 Å². The van der Waals surface area contributed by atoms with Gasteiger partial charge in [0.2, 0.25) is 0 Å². The first-order chi connectivity index (χ1) is 8.86. The summed E-state index contributed by atoms with van der Waals surface area (Å²) in [5, 5.41) is 0. The Bertz CT molecular complexity index is 481. The molecule has 0 aromatic heterocycles. The third-order valence-corrected chi connectivity index (χ3v) is 4.64. The molecule has 0 spiro atoms. The zero-order valence-corrected chi connectivity index (χ0v) is 12.0. The summed E-state index contributed by atoms with van der Waals surface area (Å²) in [5.41, 5.74) is 6.37. The van der Waals surface area contributed by atoms with Gasteiger partial charge in [0.15, 0.2) is 0 Å². The number of nitrogen functional groups attached to an aromatic ring is 1. The number of hydrogen-bond donors (Lipinski definition) is 1. The number of nitrogens with two attached hydrogens (primary N) is 1. The van der Waals surface area contributed by atoms with Gasteiger partial charge in [0.25, 0.3) is 0 Å². The first-order valence-corrected chi connectivity index (χ1v) is 6.94. The summed E-state index contributed by atoms with van der Waals surface area (Å²) in [6.07, 6.45) is 4.31. The van der Waals surface area contributed by atoms with Gasteiger partial charge < -0.3 is 10.5 Å². The molecule has 0 amide bonds. The second kappa shape index (κ2) is 4.87. The summed E-state index contributed by atoms with van der Waals surface area (Å²) in [4.78, 5) is 12.3. The molecule has 3 nitrogen and oxygen atoms in total. The van der Waals surface area contributed by atoms with E-state index in [1.54, 1.807) is 18.2 Å². The molecule has 0 saturated heterocycles. The second-order valence-corrected chi connectivity index (χ2v) is 6.30. The van der Waals surface area contributed by atoms with Crippen LogP contribution in [0.3, 0.4) is 0 Å². The first kappa shape index (κ1) is 13.9. The summed E-state index contributed by atoms with van der Waals surface area (Å²) >= 11 is 0. The van der Waals surface area contributed by atoms with Crippen LogP contribution in [0.5, 0.6) is 0 Å². The monoisotopic (exact) mass is 261 g/mol. The lowest BCUT2D eigenvalue weighted by atomic mass is 9.66. The van der Waals surface area contributed by atoms with E-state index in [1.165, 1.54) is 6.42 Å². The average Bonchev–Trinajstić information content (AvgIpc) is 2.33. The lowest BCUT2D eigenvalue weighted by molar-refractivity contribution is -0.0968. The van der Waals surface area contributed by atoms with Crippen LogP contribution in [0.4, 0.5) is 5.69 Å². The van der Waals surface area contributed by atoms with Crippen LogP contribution in [0.15, 0.2) is 24.3 Å². The van der Waals surface area contributed by atoms with E-state index in [2.05, 4.69) is 13.8 Å². The Hall–Kier alpha value is -1.51. The first-order valence-electron chi connectivity index (χ1n) is 6.94. The van der Waals surface area contributed by atoms with Gasteiger partial charge in [0.05, 0.1) is 5.56 Å². The molecule has 1 aromatic carbocycles. The van der Waals surface area contributed by atoms with Crippen LogP contribution in [-0.2, 0) is 4.74 Å². The topological polar surface area (TPSA) is 52.3 Å². The fourth-order valence-electron chi connectivity index (χ4n) is 2.76. The van der Waals surface area contributed by atoms with Crippen molar-refractivity contribution in [3.63, 3.8) is 0 Å². The largest absolute Gasteiger partial charge is 0.455 e. The zero-order chi connectivity index (χ0) is 14.1. The molecule has 0 heterocycles. The summed E-state index contributed by atoms with van der Waals surface area (Å²) in [5.74, 6) is -0.310. The van der Waals surface area contributed by atoms with Gasteiger partial charge >= 0.3 is 5.97 Å². The summed E-state index contributed by atoms with van der Waals surface area (Å²) in [6, 6.07) is 7.07. The average molecular weight is 261 g/mol. The third-order valence-electron chi connectivity index (χ3n) is 4.64. The molecule has 1 unspecified atom stereocenters. The molecule has 1 saturated carbocycles.